The van der Waals surface area contributed by atoms with Gasteiger partial charge in [-0.05, 0) is 29.3 Å². The second-order valence-corrected chi connectivity index (χ2v) is 5.20. The van der Waals surface area contributed by atoms with E-state index in [9.17, 15) is 15.3 Å². The molecule has 0 fully saturated rings. The van der Waals surface area contributed by atoms with Gasteiger partial charge in [0.2, 0.25) is 5.82 Å². The van der Waals surface area contributed by atoms with Crippen LogP contribution in [0.1, 0.15) is 11.1 Å². The standard InChI is InChI=1S/C18H14N4O3/c23-21-11-8-14(9-12-21)6-7-15-3-1-4-16(13-15)20-18-17(22(24)25)5-2-10-19-18/h1-13H,(H,19,20). The van der Waals surface area contributed by atoms with E-state index in [2.05, 4.69) is 10.3 Å². The predicted molar refractivity (Wildman–Crippen MR) is 94.9 cm³/mol. The van der Waals surface area contributed by atoms with Crippen molar-refractivity contribution in [3.05, 3.63) is 93.6 Å². The number of hydrogen-bond donors (Lipinski definition) is 1. The Kier molecular flexibility index (Phi) is 4.66. The Balaban J connectivity index is 1.80. The van der Waals surface area contributed by atoms with E-state index >= 15 is 0 Å². The molecule has 0 spiro atoms. The van der Waals surface area contributed by atoms with Crippen molar-refractivity contribution in [1.82, 2.24) is 4.98 Å². The fourth-order valence-electron chi connectivity index (χ4n) is 2.23. The van der Waals surface area contributed by atoms with Gasteiger partial charge in [0.15, 0.2) is 12.4 Å². The summed E-state index contributed by atoms with van der Waals surface area (Å²) >= 11 is 0. The molecular weight excluding hydrogens is 320 g/mol. The minimum atomic E-state index is -0.475. The smallest absolute Gasteiger partial charge is 0.311 e. The zero-order valence-corrected chi connectivity index (χ0v) is 13.1. The van der Waals surface area contributed by atoms with Crippen LogP contribution in [-0.4, -0.2) is 9.91 Å². The lowest BCUT2D eigenvalue weighted by atomic mass is 10.1. The maximum atomic E-state index is 11.1. The number of nitro groups is 1. The minimum Gasteiger partial charge on any atom is -0.619 e. The summed E-state index contributed by atoms with van der Waals surface area (Å²) in [6, 6.07) is 13.7. The first-order chi connectivity index (χ1) is 12.1. The molecule has 0 aliphatic rings. The Hall–Kier alpha value is -3.74. The van der Waals surface area contributed by atoms with Crippen molar-refractivity contribution in [2.45, 2.75) is 0 Å². The van der Waals surface area contributed by atoms with E-state index in [0.717, 1.165) is 15.9 Å². The highest BCUT2D eigenvalue weighted by Crippen LogP contribution is 2.25. The Morgan fingerprint density at radius 1 is 1.04 bits per heavy atom. The van der Waals surface area contributed by atoms with Crippen LogP contribution >= 0.6 is 0 Å². The van der Waals surface area contributed by atoms with Gasteiger partial charge in [-0.2, -0.15) is 4.73 Å². The normalized spacial score (nSPS) is 10.7. The third-order valence-electron chi connectivity index (χ3n) is 3.43. The number of anilines is 2. The summed E-state index contributed by atoms with van der Waals surface area (Å²) in [4.78, 5) is 14.6. The number of nitrogens with zero attached hydrogens (tertiary/aromatic N) is 3. The van der Waals surface area contributed by atoms with Crippen LogP contribution in [0.3, 0.4) is 0 Å². The molecule has 0 bridgehead atoms. The van der Waals surface area contributed by atoms with Crippen molar-refractivity contribution in [2.75, 3.05) is 5.32 Å². The Morgan fingerprint density at radius 3 is 2.56 bits per heavy atom. The van der Waals surface area contributed by atoms with Crippen molar-refractivity contribution in [3.8, 4) is 0 Å². The molecule has 0 aliphatic heterocycles. The SMILES string of the molecule is O=[N+]([O-])c1cccnc1Nc1cccc(C=Cc2cc[n+]([O-])cc2)c1. The molecule has 1 aromatic carbocycles. The number of benzene rings is 1. The Morgan fingerprint density at radius 2 is 1.80 bits per heavy atom. The van der Waals surface area contributed by atoms with Gasteiger partial charge in [-0.15, -0.1) is 0 Å². The van der Waals surface area contributed by atoms with Crippen molar-refractivity contribution in [3.63, 3.8) is 0 Å². The van der Waals surface area contributed by atoms with Gasteiger partial charge in [-0.25, -0.2) is 4.98 Å². The monoisotopic (exact) mass is 334 g/mol. The second-order valence-electron chi connectivity index (χ2n) is 5.20. The largest absolute Gasteiger partial charge is 0.619 e. The molecule has 2 aromatic heterocycles. The van der Waals surface area contributed by atoms with E-state index in [-0.39, 0.29) is 11.5 Å². The van der Waals surface area contributed by atoms with Crippen molar-refractivity contribution >= 4 is 29.3 Å². The molecule has 2 heterocycles. The third kappa shape index (κ3) is 4.17. The zero-order chi connectivity index (χ0) is 17.6. The lowest BCUT2D eigenvalue weighted by molar-refractivity contribution is -0.605. The molecular formula is C18H14N4O3. The van der Waals surface area contributed by atoms with E-state index in [4.69, 9.17) is 0 Å². The average Bonchev–Trinajstić information content (AvgIpc) is 2.62. The first-order valence-electron chi connectivity index (χ1n) is 7.45. The van der Waals surface area contributed by atoms with E-state index in [1.165, 1.54) is 30.7 Å². The lowest BCUT2D eigenvalue weighted by Gasteiger charge is -2.06. The van der Waals surface area contributed by atoms with Crippen molar-refractivity contribution in [1.29, 1.82) is 0 Å². The molecule has 0 radical (unpaired) electrons. The molecule has 124 valence electrons. The predicted octanol–water partition coefficient (Wildman–Crippen LogP) is 3.54. The van der Waals surface area contributed by atoms with Gasteiger partial charge < -0.3 is 10.5 Å². The van der Waals surface area contributed by atoms with E-state index in [0.29, 0.717) is 5.69 Å². The van der Waals surface area contributed by atoms with E-state index in [1.54, 1.807) is 18.2 Å². The number of hydrogen-bond acceptors (Lipinski definition) is 5. The van der Waals surface area contributed by atoms with Crippen LogP contribution in [0.25, 0.3) is 12.2 Å². The zero-order valence-electron chi connectivity index (χ0n) is 13.1. The summed E-state index contributed by atoms with van der Waals surface area (Å²) in [5.74, 6) is 0.191. The summed E-state index contributed by atoms with van der Waals surface area (Å²) < 4.78 is 0.724. The van der Waals surface area contributed by atoms with Crippen LogP contribution in [0.15, 0.2) is 67.1 Å². The summed E-state index contributed by atoms with van der Waals surface area (Å²) in [7, 11) is 0. The molecule has 25 heavy (non-hydrogen) atoms. The molecule has 3 rings (SSSR count). The highest BCUT2D eigenvalue weighted by atomic mass is 16.6. The summed E-state index contributed by atoms with van der Waals surface area (Å²) in [6.07, 6.45) is 8.12. The highest BCUT2D eigenvalue weighted by molar-refractivity contribution is 5.73. The van der Waals surface area contributed by atoms with Crippen LogP contribution in [0.5, 0.6) is 0 Å². The highest BCUT2D eigenvalue weighted by Gasteiger charge is 2.13. The summed E-state index contributed by atoms with van der Waals surface area (Å²) in [5, 5.41) is 25.0. The molecule has 0 amide bonds. The first-order valence-corrected chi connectivity index (χ1v) is 7.45. The summed E-state index contributed by atoms with van der Waals surface area (Å²) in [5.41, 5.74) is 2.40. The van der Waals surface area contributed by atoms with Gasteiger partial charge in [0, 0.05) is 30.1 Å². The number of pyridine rings is 2. The van der Waals surface area contributed by atoms with E-state index in [1.807, 2.05) is 30.4 Å². The molecule has 7 heteroatoms. The van der Waals surface area contributed by atoms with Crippen LogP contribution in [0.4, 0.5) is 17.2 Å². The minimum absolute atomic E-state index is 0.0846. The molecule has 3 aromatic rings. The van der Waals surface area contributed by atoms with E-state index < -0.39 is 4.92 Å². The van der Waals surface area contributed by atoms with Gasteiger partial charge in [-0.3, -0.25) is 10.1 Å². The number of rotatable bonds is 5. The van der Waals surface area contributed by atoms with Gasteiger partial charge in [0.05, 0.1) is 4.92 Å². The van der Waals surface area contributed by atoms with Crippen LogP contribution in [0.2, 0.25) is 0 Å². The fraction of sp³-hybridized carbons (Fsp3) is 0. The summed E-state index contributed by atoms with van der Waals surface area (Å²) in [6.45, 7) is 0. The Bertz CT molecular complexity index is 924. The van der Waals surface area contributed by atoms with Crippen LogP contribution < -0.4 is 10.0 Å². The third-order valence-corrected chi connectivity index (χ3v) is 3.43. The van der Waals surface area contributed by atoms with Crippen LogP contribution in [-0.2, 0) is 0 Å². The van der Waals surface area contributed by atoms with Crippen molar-refractivity contribution in [2.24, 2.45) is 0 Å². The molecule has 0 atom stereocenters. The van der Waals surface area contributed by atoms with Crippen LogP contribution in [0, 0.1) is 15.3 Å². The molecule has 1 N–H and O–H groups in total. The van der Waals surface area contributed by atoms with Gasteiger partial charge in [0.1, 0.15) is 0 Å². The van der Waals surface area contributed by atoms with Gasteiger partial charge in [-0.1, -0.05) is 24.3 Å². The molecule has 0 unspecified atom stereocenters. The first kappa shape index (κ1) is 16.1. The second kappa shape index (κ2) is 7.22. The molecule has 0 saturated heterocycles. The maximum Gasteiger partial charge on any atom is 0.311 e. The molecule has 7 nitrogen and oxygen atoms in total. The van der Waals surface area contributed by atoms with Crippen molar-refractivity contribution < 1.29 is 9.65 Å². The Labute approximate surface area is 143 Å². The topological polar surface area (TPSA) is 95.0 Å². The average molecular weight is 334 g/mol. The fourth-order valence-corrected chi connectivity index (χ4v) is 2.23. The molecule has 0 aliphatic carbocycles. The molecule has 0 saturated carbocycles. The number of nitrogens with one attached hydrogen (secondary N) is 1. The maximum absolute atomic E-state index is 11.1. The van der Waals surface area contributed by atoms with Gasteiger partial charge >= 0.3 is 5.69 Å². The van der Waals surface area contributed by atoms with Gasteiger partial charge in [0.25, 0.3) is 0 Å². The quantitative estimate of drug-likeness (QED) is 0.333. The lowest BCUT2D eigenvalue weighted by Crippen LogP contribution is -2.23. The number of aromatic nitrogens is 2.